The van der Waals surface area contributed by atoms with Gasteiger partial charge in [0.1, 0.15) is 0 Å². The molecule has 0 radical (unpaired) electrons. The Morgan fingerprint density at radius 3 is 2.81 bits per heavy atom. The van der Waals surface area contributed by atoms with Crippen molar-refractivity contribution >= 4 is 17.5 Å². The van der Waals surface area contributed by atoms with Crippen molar-refractivity contribution in [3.8, 4) is 0 Å². The van der Waals surface area contributed by atoms with E-state index in [9.17, 15) is 9.59 Å². The molecule has 0 saturated carbocycles. The monoisotopic (exact) mass is 373 g/mol. The van der Waals surface area contributed by atoms with Gasteiger partial charge in [0.15, 0.2) is 0 Å². The number of nitrogens with zero attached hydrogens (tertiary/aromatic N) is 5. The molecule has 1 atom stereocenters. The van der Waals surface area contributed by atoms with Gasteiger partial charge in [0.25, 0.3) is 0 Å². The van der Waals surface area contributed by atoms with Crippen LogP contribution in [0.5, 0.6) is 0 Å². The predicted octanol–water partition coefficient (Wildman–Crippen LogP) is 0.839. The van der Waals surface area contributed by atoms with Crippen LogP contribution in [-0.4, -0.2) is 91.4 Å². The fourth-order valence-corrected chi connectivity index (χ4v) is 3.93. The van der Waals surface area contributed by atoms with E-state index in [1.165, 1.54) is 5.69 Å². The first kappa shape index (κ1) is 19.6. The Labute approximate surface area is 161 Å². The van der Waals surface area contributed by atoms with Crippen LogP contribution >= 0.6 is 0 Å². The normalized spacial score (nSPS) is 21.1. The molecule has 1 aromatic heterocycles. The zero-order valence-electron chi connectivity index (χ0n) is 16.7. The summed E-state index contributed by atoms with van der Waals surface area (Å²) in [6.07, 6.45) is 5.01. The lowest BCUT2D eigenvalue weighted by Gasteiger charge is -2.26. The number of likely N-dealkylation sites (tertiary alicyclic amines) is 1. The minimum atomic E-state index is -0.186. The van der Waals surface area contributed by atoms with Crippen LogP contribution in [0.1, 0.15) is 18.4 Å². The summed E-state index contributed by atoms with van der Waals surface area (Å²) >= 11 is 0. The highest BCUT2D eigenvalue weighted by Crippen LogP contribution is 2.23. The van der Waals surface area contributed by atoms with Gasteiger partial charge in [-0.3, -0.25) is 14.6 Å². The fraction of sp³-hybridized carbons (Fsp3) is 0.650. The highest BCUT2D eigenvalue weighted by molar-refractivity contribution is 5.89. The minimum Gasteiger partial charge on any atom is -0.369 e. The SMILES string of the molecule is Cc1cnccc1N1CCCN(C(=O)C2CC(=O)N(CCN(C)C)C2)CC1. The van der Waals surface area contributed by atoms with E-state index in [2.05, 4.69) is 21.7 Å². The molecule has 2 aliphatic rings. The molecule has 2 fully saturated rings. The van der Waals surface area contributed by atoms with E-state index in [1.807, 2.05) is 42.4 Å². The number of carbonyl (C=O) groups is 2. The maximum Gasteiger partial charge on any atom is 0.228 e. The fourth-order valence-electron chi connectivity index (χ4n) is 3.93. The number of hydrogen-bond acceptors (Lipinski definition) is 5. The second-order valence-corrected chi connectivity index (χ2v) is 7.87. The van der Waals surface area contributed by atoms with Crippen LogP contribution in [0.25, 0.3) is 0 Å². The van der Waals surface area contributed by atoms with Crippen LogP contribution in [0.15, 0.2) is 18.5 Å². The molecule has 3 heterocycles. The molecule has 7 nitrogen and oxygen atoms in total. The summed E-state index contributed by atoms with van der Waals surface area (Å²) in [7, 11) is 3.99. The van der Waals surface area contributed by atoms with Crippen LogP contribution in [-0.2, 0) is 9.59 Å². The summed E-state index contributed by atoms with van der Waals surface area (Å²) in [5.41, 5.74) is 2.36. The number of aryl methyl sites for hydroxylation is 1. The number of likely N-dealkylation sites (N-methyl/N-ethyl adjacent to an activating group) is 1. The average molecular weight is 374 g/mol. The van der Waals surface area contributed by atoms with Crippen molar-refractivity contribution in [2.45, 2.75) is 19.8 Å². The second-order valence-electron chi connectivity index (χ2n) is 7.87. The first-order valence-electron chi connectivity index (χ1n) is 9.82. The molecule has 0 N–H and O–H groups in total. The molecule has 2 aliphatic heterocycles. The molecule has 0 aliphatic carbocycles. The smallest absolute Gasteiger partial charge is 0.228 e. The number of aromatic nitrogens is 1. The van der Waals surface area contributed by atoms with Gasteiger partial charge in [0, 0.05) is 70.3 Å². The predicted molar refractivity (Wildman–Crippen MR) is 106 cm³/mol. The summed E-state index contributed by atoms with van der Waals surface area (Å²) in [6.45, 7) is 7.40. The Bertz CT molecular complexity index is 678. The van der Waals surface area contributed by atoms with E-state index in [4.69, 9.17) is 0 Å². The molecule has 148 valence electrons. The third-order valence-electron chi connectivity index (χ3n) is 5.52. The zero-order chi connectivity index (χ0) is 19.4. The van der Waals surface area contributed by atoms with E-state index >= 15 is 0 Å². The van der Waals surface area contributed by atoms with Gasteiger partial charge in [-0.25, -0.2) is 0 Å². The number of pyridine rings is 1. The number of hydrogen-bond donors (Lipinski definition) is 0. The third-order valence-corrected chi connectivity index (χ3v) is 5.52. The molecular formula is C20H31N5O2. The van der Waals surface area contributed by atoms with Crippen molar-refractivity contribution in [2.75, 3.05) is 64.8 Å². The highest BCUT2D eigenvalue weighted by Gasteiger charge is 2.36. The van der Waals surface area contributed by atoms with Crippen LogP contribution in [0, 0.1) is 12.8 Å². The molecular weight excluding hydrogens is 342 g/mol. The topological polar surface area (TPSA) is 60.0 Å². The summed E-state index contributed by atoms with van der Waals surface area (Å²) in [4.78, 5) is 37.6. The quantitative estimate of drug-likeness (QED) is 0.765. The van der Waals surface area contributed by atoms with Crippen molar-refractivity contribution in [3.05, 3.63) is 24.0 Å². The van der Waals surface area contributed by atoms with Crippen molar-refractivity contribution < 1.29 is 9.59 Å². The Balaban J connectivity index is 1.57. The van der Waals surface area contributed by atoms with Crippen LogP contribution < -0.4 is 4.90 Å². The average Bonchev–Trinajstić information content (AvgIpc) is 2.85. The van der Waals surface area contributed by atoms with Crippen molar-refractivity contribution in [1.82, 2.24) is 19.7 Å². The molecule has 1 aromatic rings. The first-order chi connectivity index (χ1) is 13.0. The number of carbonyl (C=O) groups excluding carboxylic acids is 2. The molecule has 1 unspecified atom stereocenters. The zero-order valence-corrected chi connectivity index (χ0v) is 16.7. The summed E-state index contributed by atoms with van der Waals surface area (Å²) in [5, 5.41) is 0. The Morgan fingerprint density at radius 2 is 2.07 bits per heavy atom. The van der Waals surface area contributed by atoms with E-state index < -0.39 is 0 Å². The van der Waals surface area contributed by atoms with Gasteiger partial charge in [-0.1, -0.05) is 0 Å². The summed E-state index contributed by atoms with van der Waals surface area (Å²) < 4.78 is 0. The van der Waals surface area contributed by atoms with Crippen LogP contribution in [0.2, 0.25) is 0 Å². The van der Waals surface area contributed by atoms with Crippen molar-refractivity contribution in [3.63, 3.8) is 0 Å². The van der Waals surface area contributed by atoms with E-state index in [-0.39, 0.29) is 17.7 Å². The molecule has 27 heavy (non-hydrogen) atoms. The standard InChI is InChI=1S/C20H31N5O2/c1-16-14-21-6-5-18(16)23-7-4-8-24(12-11-23)20(27)17-13-19(26)25(15-17)10-9-22(2)3/h5-6,14,17H,4,7-13,15H2,1-3H3. The number of amides is 2. The lowest BCUT2D eigenvalue weighted by Crippen LogP contribution is -2.40. The molecule has 2 amide bonds. The lowest BCUT2D eigenvalue weighted by atomic mass is 10.1. The number of anilines is 1. The van der Waals surface area contributed by atoms with E-state index in [1.54, 1.807) is 0 Å². The van der Waals surface area contributed by atoms with Gasteiger partial charge >= 0.3 is 0 Å². The van der Waals surface area contributed by atoms with Crippen molar-refractivity contribution in [2.24, 2.45) is 5.92 Å². The molecule has 0 spiro atoms. The van der Waals surface area contributed by atoms with E-state index in [0.717, 1.165) is 38.2 Å². The molecule has 0 aromatic carbocycles. The van der Waals surface area contributed by atoms with Gasteiger partial charge in [0.05, 0.1) is 5.92 Å². The van der Waals surface area contributed by atoms with Gasteiger partial charge < -0.3 is 19.6 Å². The van der Waals surface area contributed by atoms with E-state index in [0.29, 0.717) is 26.1 Å². The number of rotatable bonds is 5. The molecule has 3 rings (SSSR count). The lowest BCUT2D eigenvalue weighted by molar-refractivity contribution is -0.135. The van der Waals surface area contributed by atoms with Gasteiger partial charge in [-0.2, -0.15) is 0 Å². The van der Waals surface area contributed by atoms with Crippen LogP contribution in [0.4, 0.5) is 5.69 Å². The van der Waals surface area contributed by atoms with Gasteiger partial charge in [-0.15, -0.1) is 0 Å². The first-order valence-corrected chi connectivity index (χ1v) is 9.82. The maximum absolute atomic E-state index is 13.0. The largest absolute Gasteiger partial charge is 0.369 e. The Hall–Kier alpha value is -2.15. The Kier molecular flexibility index (Phi) is 6.31. The second kappa shape index (κ2) is 8.69. The van der Waals surface area contributed by atoms with Crippen LogP contribution in [0.3, 0.4) is 0 Å². The van der Waals surface area contributed by atoms with Crippen molar-refractivity contribution in [1.29, 1.82) is 0 Å². The molecule has 7 heteroatoms. The third kappa shape index (κ3) is 4.77. The maximum atomic E-state index is 13.0. The molecule has 2 saturated heterocycles. The summed E-state index contributed by atoms with van der Waals surface area (Å²) in [5.74, 6) is 0.0666. The van der Waals surface area contributed by atoms with Gasteiger partial charge in [0.2, 0.25) is 11.8 Å². The summed E-state index contributed by atoms with van der Waals surface area (Å²) in [6, 6.07) is 2.05. The Morgan fingerprint density at radius 1 is 1.26 bits per heavy atom. The minimum absolute atomic E-state index is 0.110. The van der Waals surface area contributed by atoms with Gasteiger partial charge in [-0.05, 0) is 39.1 Å². The molecule has 0 bridgehead atoms. The highest BCUT2D eigenvalue weighted by atomic mass is 16.2.